The molecule has 0 saturated carbocycles. The smallest absolute Gasteiger partial charge is 0.258 e. The van der Waals surface area contributed by atoms with Gasteiger partial charge in [-0.3, -0.25) is 14.3 Å². The van der Waals surface area contributed by atoms with Crippen LogP contribution in [-0.2, 0) is 11.8 Å². The molecule has 0 aliphatic carbocycles. The molecule has 6 nitrogen and oxygen atoms in total. The first-order chi connectivity index (χ1) is 9.45. The number of amides is 2. The molecule has 0 radical (unpaired) electrons. The summed E-state index contributed by atoms with van der Waals surface area (Å²) in [5.41, 5.74) is 0.781. The number of carbonyl (C=O) groups excluding carboxylic acids is 2. The molecule has 0 saturated heterocycles. The van der Waals surface area contributed by atoms with Crippen LogP contribution in [-0.4, -0.2) is 21.6 Å². The third kappa shape index (κ3) is 3.19. The minimum atomic E-state index is -0.570. The summed E-state index contributed by atoms with van der Waals surface area (Å²) >= 11 is 0. The molecule has 2 aromatic rings. The van der Waals surface area contributed by atoms with E-state index >= 15 is 0 Å². The fourth-order valence-corrected chi connectivity index (χ4v) is 1.63. The van der Waals surface area contributed by atoms with E-state index < -0.39 is 5.82 Å². The predicted molar refractivity (Wildman–Crippen MR) is 71.9 cm³/mol. The Morgan fingerprint density at radius 1 is 1.30 bits per heavy atom. The average Bonchev–Trinajstić information content (AvgIpc) is 2.79. The minimum Gasteiger partial charge on any atom is -0.324 e. The second-order valence-electron chi connectivity index (χ2n) is 4.23. The van der Waals surface area contributed by atoms with Crippen molar-refractivity contribution in [2.45, 2.75) is 6.92 Å². The summed E-state index contributed by atoms with van der Waals surface area (Å²) in [6.07, 6.45) is 2.99. The fourth-order valence-electron chi connectivity index (χ4n) is 1.63. The molecule has 0 aliphatic heterocycles. The van der Waals surface area contributed by atoms with Gasteiger partial charge in [0.1, 0.15) is 5.82 Å². The van der Waals surface area contributed by atoms with Gasteiger partial charge in [-0.15, -0.1) is 0 Å². The van der Waals surface area contributed by atoms with Gasteiger partial charge in [0, 0.05) is 25.9 Å². The molecule has 2 rings (SSSR count). The maximum Gasteiger partial charge on any atom is 0.258 e. The topological polar surface area (TPSA) is 76.0 Å². The Morgan fingerprint density at radius 2 is 2.05 bits per heavy atom. The van der Waals surface area contributed by atoms with Gasteiger partial charge in [0.25, 0.3) is 5.91 Å². The van der Waals surface area contributed by atoms with Gasteiger partial charge in [-0.2, -0.15) is 5.10 Å². The van der Waals surface area contributed by atoms with E-state index in [2.05, 4.69) is 15.7 Å². The molecule has 2 amide bonds. The first kappa shape index (κ1) is 13.7. The summed E-state index contributed by atoms with van der Waals surface area (Å²) < 4.78 is 15.0. The zero-order chi connectivity index (χ0) is 14.7. The first-order valence-electron chi connectivity index (χ1n) is 5.83. The zero-order valence-electron chi connectivity index (χ0n) is 11.0. The van der Waals surface area contributed by atoms with Gasteiger partial charge in [-0.05, 0) is 18.2 Å². The summed E-state index contributed by atoms with van der Waals surface area (Å²) in [4.78, 5) is 22.8. The molecule has 7 heteroatoms. The van der Waals surface area contributed by atoms with Crippen molar-refractivity contribution in [1.82, 2.24) is 9.78 Å². The third-order valence-electron chi connectivity index (χ3n) is 2.50. The molecule has 0 aliphatic rings. The van der Waals surface area contributed by atoms with Crippen molar-refractivity contribution in [3.63, 3.8) is 0 Å². The Labute approximate surface area is 114 Å². The highest BCUT2D eigenvalue weighted by molar-refractivity contribution is 6.04. The van der Waals surface area contributed by atoms with E-state index in [-0.39, 0.29) is 17.5 Å². The maximum absolute atomic E-state index is 13.5. The largest absolute Gasteiger partial charge is 0.324 e. The number of anilines is 2. The van der Waals surface area contributed by atoms with Crippen molar-refractivity contribution in [2.75, 3.05) is 10.6 Å². The lowest BCUT2D eigenvalue weighted by atomic mass is 10.2. The van der Waals surface area contributed by atoms with Crippen molar-refractivity contribution in [2.24, 2.45) is 7.05 Å². The summed E-state index contributed by atoms with van der Waals surface area (Å²) in [6, 6.07) is 3.93. The van der Waals surface area contributed by atoms with Crippen LogP contribution in [0.1, 0.15) is 17.3 Å². The maximum atomic E-state index is 13.5. The molecular formula is C13H13FN4O2. The van der Waals surface area contributed by atoms with E-state index in [1.807, 2.05) is 0 Å². The van der Waals surface area contributed by atoms with E-state index in [1.165, 1.54) is 36.0 Å². The van der Waals surface area contributed by atoms with E-state index in [0.29, 0.717) is 11.3 Å². The Kier molecular flexibility index (Phi) is 3.79. The van der Waals surface area contributed by atoms with Gasteiger partial charge in [-0.1, -0.05) is 0 Å². The van der Waals surface area contributed by atoms with Gasteiger partial charge >= 0.3 is 0 Å². The van der Waals surface area contributed by atoms with Crippen LogP contribution in [0.4, 0.5) is 15.8 Å². The highest BCUT2D eigenvalue weighted by Gasteiger charge is 2.10. The molecule has 1 aromatic carbocycles. The molecule has 2 N–H and O–H groups in total. The average molecular weight is 276 g/mol. The van der Waals surface area contributed by atoms with E-state index in [1.54, 1.807) is 13.2 Å². The molecule has 0 unspecified atom stereocenters. The number of carbonyl (C=O) groups is 2. The lowest BCUT2D eigenvalue weighted by molar-refractivity contribution is -0.114. The summed E-state index contributed by atoms with van der Waals surface area (Å²) in [6.45, 7) is 1.28. The molecule has 1 heterocycles. The number of nitrogens with zero attached hydrogens (tertiary/aromatic N) is 2. The lowest BCUT2D eigenvalue weighted by Crippen LogP contribution is -2.12. The Morgan fingerprint density at radius 3 is 2.65 bits per heavy atom. The molecule has 20 heavy (non-hydrogen) atoms. The number of nitrogens with one attached hydrogen (secondary N) is 2. The SMILES string of the molecule is CC(=O)Nc1cc(NC(=O)c2cnn(C)c2)ccc1F. The summed E-state index contributed by atoms with van der Waals surface area (Å²) in [7, 11) is 1.70. The molecule has 0 bridgehead atoms. The van der Waals surface area contributed by atoms with Crippen LogP contribution < -0.4 is 10.6 Å². The minimum absolute atomic E-state index is 0.0153. The number of hydrogen-bond acceptors (Lipinski definition) is 3. The standard InChI is InChI=1S/C13H13FN4O2/c1-8(19)16-12-5-10(3-4-11(12)14)17-13(20)9-6-15-18(2)7-9/h3-7H,1-2H3,(H,16,19)(H,17,20). The van der Waals surface area contributed by atoms with Crippen LogP contribution in [0.3, 0.4) is 0 Å². The van der Waals surface area contributed by atoms with Gasteiger partial charge in [-0.25, -0.2) is 4.39 Å². The number of benzene rings is 1. The Bertz CT molecular complexity index is 666. The molecule has 0 spiro atoms. The lowest BCUT2D eigenvalue weighted by Gasteiger charge is -2.08. The number of halogens is 1. The summed E-state index contributed by atoms with van der Waals surface area (Å²) in [5.74, 6) is -1.32. The van der Waals surface area contributed by atoms with Gasteiger partial charge in [0.05, 0.1) is 17.4 Å². The van der Waals surface area contributed by atoms with Gasteiger partial charge in [0.2, 0.25) is 5.91 Å². The van der Waals surface area contributed by atoms with Crippen molar-refractivity contribution < 1.29 is 14.0 Å². The van der Waals surface area contributed by atoms with Crippen molar-refractivity contribution in [3.05, 3.63) is 42.0 Å². The van der Waals surface area contributed by atoms with Crippen molar-refractivity contribution in [1.29, 1.82) is 0 Å². The molecule has 104 valence electrons. The molecule has 0 fully saturated rings. The molecule has 1 aromatic heterocycles. The van der Waals surface area contributed by atoms with E-state index in [0.717, 1.165) is 0 Å². The van der Waals surface area contributed by atoms with Crippen LogP contribution >= 0.6 is 0 Å². The zero-order valence-corrected chi connectivity index (χ0v) is 11.0. The van der Waals surface area contributed by atoms with Crippen LogP contribution in [0.5, 0.6) is 0 Å². The van der Waals surface area contributed by atoms with Crippen molar-refractivity contribution in [3.8, 4) is 0 Å². The normalized spacial score (nSPS) is 10.2. The number of hydrogen-bond donors (Lipinski definition) is 2. The number of aromatic nitrogens is 2. The first-order valence-corrected chi connectivity index (χ1v) is 5.83. The highest BCUT2D eigenvalue weighted by Crippen LogP contribution is 2.20. The second-order valence-corrected chi connectivity index (χ2v) is 4.23. The van der Waals surface area contributed by atoms with Crippen LogP contribution in [0.25, 0.3) is 0 Å². The molecule has 0 atom stereocenters. The fraction of sp³-hybridized carbons (Fsp3) is 0.154. The highest BCUT2D eigenvalue weighted by atomic mass is 19.1. The van der Waals surface area contributed by atoms with Crippen molar-refractivity contribution >= 4 is 23.2 Å². The van der Waals surface area contributed by atoms with Gasteiger partial charge < -0.3 is 10.6 Å². The second kappa shape index (κ2) is 5.52. The Hall–Kier alpha value is -2.70. The Balaban J connectivity index is 2.17. The van der Waals surface area contributed by atoms with Gasteiger partial charge in [0.15, 0.2) is 0 Å². The van der Waals surface area contributed by atoms with E-state index in [4.69, 9.17) is 0 Å². The number of aryl methyl sites for hydroxylation is 1. The van der Waals surface area contributed by atoms with Crippen LogP contribution in [0, 0.1) is 5.82 Å². The van der Waals surface area contributed by atoms with E-state index in [9.17, 15) is 14.0 Å². The third-order valence-corrected chi connectivity index (χ3v) is 2.50. The number of rotatable bonds is 3. The monoisotopic (exact) mass is 276 g/mol. The van der Waals surface area contributed by atoms with Crippen LogP contribution in [0.15, 0.2) is 30.6 Å². The molecular weight excluding hydrogens is 263 g/mol. The summed E-state index contributed by atoms with van der Waals surface area (Å²) in [5, 5.41) is 8.84. The predicted octanol–water partition coefficient (Wildman–Crippen LogP) is 1.77. The quantitative estimate of drug-likeness (QED) is 0.897. The van der Waals surface area contributed by atoms with Crippen LogP contribution in [0.2, 0.25) is 0 Å².